The molecule has 0 spiro atoms. The summed E-state index contributed by atoms with van der Waals surface area (Å²) in [4.78, 5) is 19.1. The third-order valence-corrected chi connectivity index (χ3v) is 5.25. The molecule has 0 unspecified atom stereocenters. The van der Waals surface area contributed by atoms with Gasteiger partial charge in [0.25, 0.3) is 0 Å². The second-order valence-corrected chi connectivity index (χ2v) is 7.24. The topological polar surface area (TPSA) is 79.0 Å². The molecule has 3 aromatic heterocycles. The van der Waals surface area contributed by atoms with Gasteiger partial charge in [-0.2, -0.15) is 9.97 Å². The van der Waals surface area contributed by atoms with Crippen molar-refractivity contribution in [1.29, 1.82) is 0 Å². The Morgan fingerprint density at radius 1 is 1.17 bits per heavy atom. The van der Waals surface area contributed by atoms with Crippen LogP contribution in [0.4, 0.5) is 15.9 Å². The molecule has 1 saturated heterocycles. The second kappa shape index (κ2) is 6.88. The highest BCUT2D eigenvalue weighted by atomic mass is 19.1. The van der Waals surface area contributed by atoms with Gasteiger partial charge in [0.2, 0.25) is 0 Å². The highest BCUT2D eigenvalue weighted by Gasteiger charge is 2.23. The van der Waals surface area contributed by atoms with Gasteiger partial charge in [0, 0.05) is 31.2 Å². The molecule has 0 bridgehead atoms. The number of fused-ring (bicyclic) bond motifs is 3. The fourth-order valence-electron chi connectivity index (χ4n) is 3.85. The fourth-order valence-corrected chi connectivity index (χ4v) is 3.85. The SMILES string of the molecule is CNc1cc(F)cc2c1[nH]c1nc(Oc3ccc(C)nc3)nc(N3CCCC3)c12. The van der Waals surface area contributed by atoms with Crippen LogP contribution in [0.3, 0.4) is 0 Å². The lowest BCUT2D eigenvalue weighted by Gasteiger charge is -2.18. The third-order valence-electron chi connectivity index (χ3n) is 5.25. The van der Waals surface area contributed by atoms with Crippen molar-refractivity contribution < 1.29 is 9.13 Å². The first-order chi connectivity index (χ1) is 14.1. The number of nitrogens with one attached hydrogen (secondary N) is 2. The minimum atomic E-state index is -0.304. The normalized spacial score (nSPS) is 14.1. The van der Waals surface area contributed by atoms with Gasteiger partial charge < -0.3 is 19.9 Å². The number of nitrogens with zero attached hydrogens (tertiary/aromatic N) is 4. The summed E-state index contributed by atoms with van der Waals surface area (Å²) in [5.74, 6) is 1.03. The Labute approximate surface area is 166 Å². The summed E-state index contributed by atoms with van der Waals surface area (Å²) in [7, 11) is 1.77. The van der Waals surface area contributed by atoms with Gasteiger partial charge in [0.05, 0.1) is 22.8 Å². The zero-order chi connectivity index (χ0) is 20.0. The number of aromatic amines is 1. The molecule has 29 heavy (non-hydrogen) atoms. The lowest BCUT2D eigenvalue weighted by molar-refractivity contribution is 0.442. The van der Waals surface area contributed by atoms with Crippen LogP contribution in [0.5, 0.6) is 11.8 Å². The molecule has 4 heterocycles. The van der Waals surface area contributed by atoms with Crippen molar-refractivity contribution in [3.63, 3.8) is 0 Å². The van der Waals surface area contributed by atoms with Crippen LogP contribution >= 0.6 is 0 Å². The van der Waals surface area contributed by atoms with E-state index in [0.29, 0.717) is 17.1 Å². The summed E-state index contributed by atoms with van der Waals surface area (Å²) in [6.07, 6.45) is 3.85. The first-order valence-corrected chi connectivity index (χ1v) is 9.68. The van der Waals surface area contributed by atoms with Crippen LogP contribution in [0.25, 0.3) is 21.9 Å². The Kier molecular flexibility index (Phi) is 4.19. The van der Waals surface area contributed by atoms with Gasteiger partial charge in [-0.25, -0.2) is 4.39 Å². The standard InChI is InChI=1S/C21H21FN6O/c1-12-5-6-14(11-24-12)29-21-26-19-17(20(27-21)28-7-3-4-8-28)15-9-13(22)10-16(23-2)18(15)25-19/h5-6,9-11,23H,3-4,7-8H2,1-2H3,(H,25,26,27). The van der Waals surface area contributed by atoms with Crippen molar-refractivity contribution in [2.75, 3.05) is 30.4 Å². The van der Waals surface area contributed by atoms with Crippen LogP contribution in [-0.2, 0) is 0 Å². The van der Waals surface area contributed by atoms with E-state index in [4.69, 9.17) is 9.72 Å². The number of hydrogen-bond acceptors (Lipinski definition) is 6. The lowest BCUT2D eigenvalue weighted by atomic mass is 10.1. The molecule has 148 valence electrons. The molecule has 0 aliphatic carbocycles. The molecule has 1 aliphatic rings. The zero-order valence-electron chi connectivity index (χ0n) is 16.3. The number of halogens is 1. The molecule has 5 rings (SSSR count). The molecule has 1 aliphatic heterocycles. The predicted molar refractivity (Wildman–Crippen MR) is 111 cm³/mol. The number of hydrogen-bond donors (Lipinski definition) is 2. The van der Waals surface area contributed by atoms with Gasteiger partial charge in [-0.1, -0.05) is 0 Å². The number of anilines is 2. The molecular formula is C21H21FN6O. The van der Waals surface area contributed by atoms with Crippen LogP contribution in [0, 0.1) is 12.7 Å². The Bertz CT molecular complexity index is 1200. The number of rotatable bonds is 4. The van der Waals surface area contributed by atoms with Crippen LogP contribution in [0.2, 0.25) is 0 Å². The van der Waals surface area contributed by atoms with Crippen molar-refractivity contribution in [1.82, 2.24) is 19.9 Å². The van der Waals surface area contributed by atoms with E-state index in [2.05, 4.69) is 25.2 Å². The average Bonchev–Trinajstić information content (AvgIpc) is 3.36. The molecule has 0 atom stereocenters. The smallest absolute Gasteiger partial charge is 0.326 e. The summed E-state index contributed by atoms with van der Waals surface area (Å²) in [6.45, 7) is 3.72. The van der Waals surface area contributed by atoms with Gasteiger partial charge in [0.15, 0.2) is 0 Å². The summed E-state index contributed by atoms with van der Waals surface area (Å²) in [5, 5.41) is 4.62. The van der Waals surface area contributed by atoms with E-state index >= 15 is 0 Å². The van der Waals surface area contributed by atoms with Gasteiger partial charge in [0.1, 0.15) is 23.0 Å². The molecular weight excluding hydrogens is 371 g/mol. The van der Waals surface area contributed by atoms with Crippen LogP contribution in [0.15, 0.2) is 30.5 Å². The van der Waals surface area contributed by atoms with E-state index < -0.39 is 0 Å². The van der Waals surface area contributed by atoms with E-state index in [9.17, 15) is 4.39 Å². The van der Waals surface area contributed by atoms with Gasteiger partial charge >= 0.3 is 6.01 Å². The summed E-state index contributed by atoms with van der Waals surface area (Å²) >= 11 is 0. The molecule has 0 amide bonds. The largest absolute Gasteiger partial charge is 0.423 e. The zero-order valence-corrected chi connectivity index (χ0v) is 16.3. The summed E-state index contributed by atoms with van der Waals surface area (Å²) in [5.41, 5.74) is 3.00. The van der Waals surface area contributed by atoms with Gasteiger partial charge in [-0.05, 0) is 44.0 Å². The highest BCUT2D eigenvalue weighted by Crippen LogP contribution is 2.38. The highest BCUT2D eigenvalue weighted by molar-refractivity contribution is 6.14. The maximum absolute atomic E-state index is 14.3. The maximum Gasteiger partial charge on any atom is 0.326 e. The van der Waals surface area contributed by atoms with Gasteiger partial charge in [-0.15, -0.1) is 0 Å². The minimum absolute atomic E-state index is 0.239. The van der Waals surface area contributed by atoms with E-state index in [0.717, 1.165) is 53.7 Å². The van der Waals surface area contributed by atoms with E-state index in [1.165, 1.54) is 12.1 Å². The molecule has 1 aromatic carbocycles. The number of aromatic nitrogens is 4. The van der Waals surface area contributed by atoms with E-state index in [1.807, 2.05) is 19.1 Å². The van der Waals surface area contributed by atoms with Crippen LogP contribution in [-0.4, -0.2) is 40.1 Å². The molecule has 7 nitrogen and oxygen atoms in total. The first kappa shape index (κ1) is 17.7. The molecule has 0 saturated carbocycles. The van der Waals surface area contributed by atoms with Crippen molar-refractivity contribution in [2.45, 2.75) is 19.8 Å². The molecule has 2 N–H and O–H groups in total. The first-order valence-electron chi connectivity index (χ1n) is 9.68. The average molecular weight is 392 g/mol. The van der Waals surface area contributed by atoms with Crippen molar-refractivity contribution in [3.8, 4) is 11.8 Å². The molecule has 8 heteroatoms. The summed E-state index contributed by atoms with van der Waals surface area (Å²) in [6, 6.07) is 6.95. The monoisotopic (exact) mass is 392 g/mol. The Hall–Kier alpha value is -3.42. The van der Waals surface area contributed by atoms with Gasteiger partial charge in [-0.3, -0.25) is 4.98 Å². The quantitative estimate of drug-likeness (QED) is 0.536. The molecule has 4 aromatic rings. The van der Waals surface area contributed by atoms with E-state index in [-0.39, 0.29) is 11.8 Å². The van der Waals surface area contributed by atoms with Crippen LogP contribution in [0.1, 0.15) is 18.5 Å². The van der Waals surface area contributed by atoms with Crippen LogP contribution < -0.4 is 15.0 Å². The third kappa shape index (κ3) is 3.10. The van der Waals surface area contributed by atoms with E-state index in [1.54, 1.807) is 13.2 Å². The number of H-pyrrole nitrogens is 1. The number of ether oxygens (including phenoxy) is 1. The Morgan fingerprint density at radius 2 is 2.00 bits per heavy atom. The Balaban J connectivity index is 1.72. The minimum Gasteiger partial charge on any atom is -0.423 e. The molecule has 0 radical (unpaired) electrons. The van der Waals surface area contributed by atoms with Crippen molar-refractivity contribution >= 4 is 33.4 Å². The maximum atomic E-state index is 14.3. The second-order valence-electron chi connectivity index (χ2n) is 7.24. The summed E-state index contributed by atoms with van der Waals surface area (Å²) < 4.78 is 20.2. The van der Waals surface area contributed by atoms with Crippen molar-refractivity contribution in [3.05, 3.63) is 42.0 Å². The lowest BCUT2D eigenvalue weighted by Crippen LogP contribution is -2.19. The number of pyridine rings is 1. The number of aryl methyl sites for hydroxylation is 1. The Morgan fingerprint density at radius 3 is 2.72 bits per heavy atom. The van der Waals surface area contributed by atoms with Crippen molar-refractivity contribution in [2.24, 2.45) is 0 Å². The molecule has 1 fully saturated rings. The fraction of sp³-hybridized carbons (Fsp3) is 0.286. The number of benzene rings is 1. The predicted octanol–water partition coefficient (Wildman–Crippen LogP) is 4.39.